The van der Waals surface area contributed by atoms with Gasteiger partial charge in [0.2, 0.25) is 5.91 Å². The van der Waals surface area contributed by atoms with Gasteiger partial charge >= 0.3 is 0 Å². The average molecular weight is 417 g/mol. The third-order valence-electron chi connectivity index (χ3n) is 4.64. The second-order valence-electron chi connectivity index (χ2n) is 7.18. The van der Waals surface area contributed by atoms with Gasteiger partial charge in [-0.2, -0.15) is 0 Å². The van der Waals surface area contributed by atoms with Crippen LogP contribution in [0.4, 0.5) is 0 Å². The summed E-state index contributed by atoms with van der Waals surface area (Å²) in [6.07, 6.45) is 0.837. The number of aryl methyl sites for hydroxylation is 2. The Kier molecular flexibility index (Phi) is 8.52. The first-order chi connectivity index (χ1) is 13.8. The van der Waals surface area contributed by atoms with Crippen molar-refractivity contribution in [1.82, 2.24) is 10.2 Å². The van der Waals surface area contributed by atoms with Gasteiger partial charge in [-0.1, -0.05) is 48.4 Å². The summed E-state index contributed by atoms with van der Waals surface area (Å²) in [7, 11) is 0. The molecule has 0 heterocycles. The molecular formula is C23H29ClN2O3. The maximum absolute atomic E-state index is 13.0. The summed E-state index contributed by atoms with van der Waals surface area (Å²) in [5.41, 5.74) is 2.95. The zero-order chi connectivity index (χ0) is 21.4. The standard InChI is InChI=1S/C23H29ClN2O3/c1-5-11-25-23(28)18(4)26(14-19-8-6-7-16(2)12-19)22(27)15-29-20-9-10-21(24)17(3)13-20/h6-10,12-13,18H,5,11,14-15H2,1-4H3,(H,25,28). The smallest absolute Gasteiger partial charge is 0.261 e. The third kappa shape index (κ3) is 6.79. The fourth-order valence-electron chi connectivity index (χ4n) is 2.92. The molecule has 2 amide bonds. The first kappa shape index (κ1) is 22.8. The van der Waals surface area contributed by atoms with Gasteiger partial charge in [-0.15, -0.1) is 0 Å². The van der Waals surface area contributed by atoms with Gasteiger partial charge in [0, 0.05) is 18.1 Å². The van der Waals surface area contributed by atoms with Crippen molar-refractivity contribution in [2.45, 2.75) is 46.7 Å². The van der Waals surface area contributed by atoms with E-state index in [1.165, 1.54) is 0 Å². The molecule has 1 atom stereocenters. The number of amides is 2. The van der Waals surface area contributed by atoms with Crippen molar-refractivity contribution < 1.29 is 14.3 Å². The van der Waals surface area contributed by atoms with Gasteiger partial charge < -0.3 is 15.0 Å². The highest BCUT2D eigenvalue weighted by Crippen LogP contribution is 2.21. The van der Waals surface area contributed by atoms with Crippen LogP contribution in [0.15, 0.2) is 42.5 Å². The number of carbonyl (C=O) groups is 2. The number of hydrogen-bond donors (Lipinski definition) is 1. The molecule has 0 fully saturated rings. The Labute approximate surface area is 178 Å². The number of nitrogens with zero attached hydrogens (tertiary/aromatic N) is 1. The first-order valence-corrected chi connectivity index (χ1v) is 10.2. The first-order valence-electron chi connectivity index (χ1n) is 9.83. The van der Waals surface area contributed by atoms with Crippen LogP contribution in [0.2, 0.25) is 5.02 Å². The zero-order valence-corrected chi connectivity index (χ0v) is 18.3. The minimum Gasteiger partial charge on any atom is -0.484 e. The van der Waals surface area contributed by atoms with Crippen LogP contribution in [0.3, 0.4) is 0 Å². The van der Waals surface area contributed by atoms with Gasteiger partial charge in [0.15, 0.2) is 6.61 Å². The highest BCUT2D eigenvalue weighted by molar-refractivity contribution is 6.31. The molecule has 0 aliphatic heterocycles. The van der Waals surface area contributed by atoms with Gasteiger partial charge in [0.1, 0.15) is 11.8 Å². The fourth-order valence-corrected chi connectivity index (χ4v) is 3.04. The molecule has 5 nitrogen and oxygen atoms in total. The van der Waals surface area contributed by atoms with Crippen LogP contribution >= 0.6 is 11.6 Å². The van der Waals surface area contributed by atoms with E-state index in [0.717, 1.165) is 23.1 Å². The van der Waals surface area contributed by atoms with Crippen LogP contribution in [0, 0.1) is 13.8 Å². The Bertz CT molecular complexity index is 854. The lowest BCUT2D eigenvalue weighted by atomic mass is 10.1. The molecule has 0 bridgehead atoms. The van der Waals surface area contributed by atoms with E-state index in [2.05, 4.69) is 5.32 Å². The van der Waals surface area contributed by atoms with Gasteiger partial charge in [-0.25, -0.2) is 0 Å². The van der Waals surface area contributed by atoms with Crippen LogP contribution in [-0.4, -0.2) is 35.9 Å². The molecule has 2 rings (SSSR count). The topological polar surface area (TPSA) is 58.6 Å². The molecule has 1 unspecified atom stereocenters. The number of halogens is 1. The highest BCUT2D eigenvalue weighted by atomic mass is 35.5. The Hall–Kier alpha value is -2.53. The van der Waals surface area contributed by atoms with Crippen molar-refractivity contribution in [3.63, 3.8) is 0 Å². The molecule has 0 aromatic heterocycles. The van der Waals surface area contributed by atoms with E-state index in [1.807, 2.05) is 45.0 Å². The number of hydrogen-bond acceptors (Lipinski definition) is 3. The largest absolute Gasteiger partial charge is 0.484 e. The van der Waals surface area contributed by atoms with E-state index in [0.29, 0.717) is 23.9 Å². The van der Waals surface area contributed by atoms with Crippen LogP contribution < -0.4 is 10.1 Å². The van der Waals surface area contributed by atoms with Crippen LogP contribution in [0.1, 0.15) is 37.0 Å². The molecule has 1 N–H and O–H groups in total. The molecule has 2 aromatic rings. The third-order valence-corrected chi connectivity index (χ3v) is 5.07. The fraction of sp³-hybridized carbons (Fsp3) is 0.391. The molecule has 6 heteroatoms. The quantitative estimate of drug-likeness (QED) is 0.663. The lowest BCUT2D eigenvalue weighted by Gasteiger charge is -2.29. The van der Waals surface area contributed by atoms with Crippen LogP contribution in [0.5, 0.6) is 5.75 Å². The van der Waals surface area contributed by atoms with E-state index < -0.39 is 6.04 Å². The van der Waals surface area contributed by atoms with Gasteiger partial charge in [0.25, 0.3) is 5.91 Å². The van der Waals surface area contributed by atoms with Crippen molar-refractivity contribution in [2.75, 3.05) is 13.2 Å². The molecule has 156 valence electrons. The summed E-state index contributed by atoms with van der Waals surface area (Å²) >= 11 is 6.04. The van der Waals surface area contributed by atoms with Crippen LogP contribution in [-0.2, 0) is 16.1 Å². The summed E-state index contributed by atoms with van der Waals surface area (Å²) in [4.78, 5) is 27.0. The SMILES string of the molecule is CCCNC(=O)C(C)N(Cc1cccc(C)c1)C(=O)COc1ccc(Cl)c(C)c1. The summed E-state index contributed by atoms with van der Waals surface area (Å²) in [6.45, 7) is 8.37. The van der Waals surface area contributed by atoms with E-state index >= 15 is 0 Å². The zero-order valence-electron chi connectivity index (χ0n) is 17.5. The Balaban J connectivity index is 2.14. The lowest BCUT2D eigenvalue weighted by molar-refractivity contribution is -0.142. The summed E-state index contributed by atoms with van der Waals surface area (Å²) in [6, 6.07) is 12.6. The molecule has 0 saturated heterocycles. The van der Waals surface area contributed by atoms with E-state index in [4.69, 9.17) is 16.3 Å². The van der Waals surface area contributed by atoms with Gasteiger partial charge in [-0.3, -0.25) is 9.59 Å². The molecular weight excluding hydrogens is 388 g/mol. The molecule has 0 spiro atoms. The van der Waals surface area contributed by atoms with E-state index in [-0.39, 0.29) is 18.4 Å². The summed E-state index contributed by atoms with van der Waals surface area (Å²) in [5, 5.41) is 3.51. The minimum absolute atomic E-state index is 0.154. The van der Waals surface area contributed by atoms with Crippen molar-refractivity contribution in [3.8, 4) is 5.75 Å². The number of rotatable bonds is 9. The van der Waals surface area contributed by atoms with Crippen LogP contribution in [0.25, 0.3) is 0 Å². The minimum atomic E-state index is -0.606. The second-order valence-corrected chi connectivity index (χ2v) is 7.58. The van der Waals surface area contributed by atoms with Crippen molar-refractivity contribution in [2.24, 2.45) is 0 Å². The number of nitrogens with one attached hydrogen (secondary N) is 1. The molecule has 0 radical (unpaired) electrons. The van der Waals surface area contributed by atoms with Gasteiger partial charge in [0.05, 0.1) is 0 Å². The van der Waals surface area contributed by atoms with E-state index in [9.17, 15) is 9.59 Å². The van der Waals surface area contributed by atoms with Crippen molar-refractivity contribution >= 4 is 23.4 Å². The van der Waals surface area contributed by atoms with Gasteiger partial charge in [-0.05, 0) is 56.5 Å². The number of ether oxygens (including phenoxy) is 1. The Morgan fingerprint density at radius 3 is 2.59 bits per heavy atom. The maximum Gasteiger partial charge on any atom is 0.261 e. The van der Waals surface area contributed by atoms with E-state index in [1.54, 1.807) is 30.0 Å². The number of benzene rings is 2. The normalized spacial score (nSPS) is 11.6. The maximum atomic E-state index is 13.0. The molecule has 0 saturated carbocycles. The predicted octanol–water partition coefficient (Wildman–Crippen LogP) is 4.28. The highest BCUT2D eigenvalue weighted by Gasteiger charge is 2.26. The summed E-state index contributed by atoms with van der Waals surface area (Å²) in [5.74, 6) is 0.146. The second kappa shape index (κ2) is 10.9. The Morgan fingerprint density at radius 2 is 1.93 bits per heavy atom. The molecule has 29 heavy (non-hydrogen) atoms. The Morgan fingerprint density at radius 1 is 1.17 bits per heavy atom. The monoisotopic (exact) mass is 416 g/mol. The molecule has 0 aliphatic carbocycles. The average Bonchev–Trinajstić information content (AvgIpc) is 2.70. The summed E-state index contributed by atoms with van der Waals surface area (Å²) < 4.78 is 5.68. The molecule has 2 aromatic carbocycles. The molecule has 0 aliphatic rings. The lowest BCUT2D eigenvalue weighted by Crippen LogP contribution is -2.49. The predicted molar refractivity (Wildman–Crippen MR) is 116 cm³/mol. The number of carbonyl (C=O) groups excluding carboxylic acids is 2. The van der Waals surface area contributed by atoms with Crippen molar-refractivity contribution in [1.29, 1.82) is 0 Å². The van der Waals surface area contributed by atoms with Crippen molar-refractivity contribution in [3.05, 3.63) is 64.2 Å².